The molecule has 1 N–H and O–H groups in total. The van der Waals surface area contributed by atoms with Crippen LogP contribution in [0.1, 0.15) is 22.7 Å². The van der Waals surface area contributed by atoms with Crippen molar-refractivity contribution in [2.45, 2.75) is 12.1 Å². The Hall–Kier alpha value is -2.02. The van der Waals surface area contributed by atoms with Crippen molar-refractivity contribution in [2.24, 2.45) is 0 Å². The topological polar surface area (TPSA) is 28.2 Å². The Morgan fingerprint density at radius 1 is 1.12 bits per heavy atom. The van der Waals surface area contributed by atoms with Crippen LogP contribution in [0.4, 0.5) is 10.1 Å². The first kappa shape index (κ1) is 16.4. The highest BCUT2D eigenvalue weighted by Crippen LogP contribution is 2.44. The molecule has 3 aromatic rings. The summed E-state index contributed by atoms with van der Waals surface area (Å²) < 4.78 is 14.1. The molecule has 0 radical (unpaired) electrons. The van der Waals surface area contributed by atoms with Crippen molar-refractivity contribution < 1.29 is 4.39 Å². The number of thiocarbonyl (C=S) groups is 1. The van der Waals surface area contributed by atoms with Gasteiger partial charge in [-0.2, -0.15) is 0 Å². The van der Waals surface area contributed by atoms with Gasteiger partial charge in [0.15, 0.2) is 5.11 Å². The number of nitrogens with one attached hydrogen (secondary N) is 1. The molecular formula is C18H13ClFN3S2. The van der Waals surface area contributed by atoms with Crippen molar-refractivity contribution in [1.29, 1.82) is 0 Å². The predicted molar refractivity (Wildman–Crippen MR) is 104 cm³/mol. The van der Waals surface area contributed by atoms with Gasteiger partial charge in [-0.3, -0.25) is 4.98 Å². The molecule has 0 amide bonds. The quantitative estimate of drug-likeness (QED) is 0.630. The minimum atomic E-state index is -0.279. The predicted octanol–water partition coefficient (Wildman–Crippen LogP) is 5.11. The zero-order chi connectivity index (χ0) is 17.4. The van der Waals surface area contributed by atoms with Gasteiger partial charge in [0.05, 0.1) is 22.1 Å². The Morgan fingerprint density at radius 2 is 1.92 bits per heavy atom. The van der Waals surface area contributed by atoms with E-state index in [0.717, 1.165) is 16.3 Å². The van der Waals surface area contributed by atoms with Gasteiger partial charge in [0.2, 0.25) is 0 Å². The molecule has 1 saturated heterocycles. The molecule has 7 heteroatoms. The molecule has 0 aliphatic carbocycles. The van der Waals surface area contributed by atoms with E-state index in [4.69, 9.17) is 23.8 Å². The van der Waals surface area contributed by atoms with Crippen LogP contribution in [0.2, 0.25) is 4.34 Å². The Labute approximate surface area is 159 Å². The van der Waals surface area contributed by atoms with E-state index in [2.05, 4.69) is 10.3 Å². The molecule has 25 heavy (non-hydrogen) atoms. The van der Waals surface area contributed by atoms with E-state index in [1.54, 1.807) is 18.3 Å². The summed E-state index contributed by atoms with van der Waals surface area (Å²) in [6, 6.07) is 15.8. The van der Waals surface area contributed by atoms with Crippen molar-refractivity contribution in [3.8, 4) is 0 Å². The van der Waals surface area contributed by atoms with Gasteiger partial charge >= 0.3 is 0 Å². The minimum absolute atomic E-state index is 0.106. The molecule has 1 aromatic carbocycles. The van der Waals surface area contributed by atoms with Crippen molar-refractivity contribution in [2.75, 3.05) is 4.90 Å². The third-order valence-electron chi connectivity index (χ3n) is 4.09. The molecule has 0 unspecified atom stereocenters. The van der Waals surface area contributed by atoms with E-state index >= 15 is 0 Å². The number of benzene rings is 1. The Bertz CT molecular complexity index is 898. The van der Waals surface area contributed by atoms with Crippen LogP contribution in [0.3, 0.4) is 0 Å². The minimum Gasteiger partial charge on any atom is -0.351 e. The number of rotatable bonds is 3. The summed E-state index contributed by atoms with van der Waals surface area (Å²) in [4.78, 5) is 7.55. The standard InChI is InChI=1S/C18H13ClFN3S2/c19-15-9-8-14(25-15)17-16(13-3-1-2-10-21-13)22-18(24)23(17)12-6-4-11(20)5-7-12/h1-10,16-17H,(H,22,24)/t16-,17-/m0/s1. The monoisotopic (exact) mass is 389 g/mol. The average Bonchev–Trinajstić information content (AvgIpc) is 3.20. The van der Waals surface area contributed by atoms with Crippen LogP contribution in [0.5, 0.6) is 0 Å². The molecule has 0 saturated carbocycles. The zero-order valence-electron chi connectivity index (χ0n) is 12.9. The van der Waals surface area contributed by atoms with Gasteiger partial charge in [-0.05, 0) is 60.7 Å². The molecule has 3 nitrogen and oxygen atoms in total. The fraction of sp³-hybridized carbons (Fsp3) is 0.111. The van der Waals surface area contributed by atoms with Crippen LogP contribution < -0.4 is 10.2 Å². The highest BCUT2D eigenvalue weighted by molar-refractivity contribution is 7.80. The first-order valence-corrected chi connectivity index (χ1v) is 9.25. The maximum absolute atomic E-state index is 13.3. The van der Waals surface area contributed by atoms with Gasteiger partial charge in [-0.25, -0.2) is 4.39 Å². The van der Waals surface area contributed by atoms with Crippen LogP contribution in [0.25, 0.3) is 0 Å². The lowest BCUT2D eigenvalue weighted by Gasteiger charge is -2.26. The summed E-state index contributed by atoms with van der Waals surface area (Å²) in [5.74, 6) is -0.279. The first-order valence-electron chi connectivity index (χ1n) is 7.65. The van der Waals surface area contributed by atoms with Crippen LogP contribution in [0.15, 0.2) is 60.8 Å². The van der Waals surface area contributed by atoms with Gasteiger partial charge < -0.3 is 10.2 Å². The number of anilines is 1. The zero-order valence-corrected chi connectivity index (χ0v) is 15.3. The first-order chi connectivity index (χ1) is 12.1. The second-order valence-corrected chi connectivity index (χ2v) is 7.75. The maximum atomic E-state index is 13.3. The lowest BCUT2D eigenvalue weighted by molar-refractivity contribution is 0.575. The van der Waals surface area contributed by atoms with Gasteiger partial charge in [0, 0.05) is 16.8 Å². The number of pyridine rings is 1. The SMILES string of the molecule is Fc1ccc(N2C(=S)N[C@@H](c3ccccn3)[C@@H]2c2ccc(Cl)s2)cc1. The molecular weight excluding hydrogens is 377 g/mol. The normalized spacial score (nSPS) is 19.9. The molecule has 0 spiro atoms. The van der Waals surface area contributed by atoms with E-state index < -0.39 is 0 Å². The number of nitrogens with zero attached hydrogens (tertiary/aromatic N) is 2. The molecule has 2 atom stereocenters. The summed E-state index contributed by atoms with van der Waals surface area (Å²) in [5.41, 5.74) is 1.72. The summed E-state index contributed by atoms with van der Waals surface area (Å²) in [5, 5.41) is 3.94. The van der Waals surface area contributed by atoms with Crippen molar-refractivity contribution in [3.63, 3.8) is 0 Å². The summed E-state index contributed by atoms with van der Waals surface area (Å²) in [6.45, 7) is 0. The largest absolute Gasteiger partial charge is 0.351 e. The van der Waals surface area contributed by atoms with Gasteiger partial charge in [-0.1, -0.05) is 17.7 Å². The molecule has 2 aromatic heterocycles. The van der Waals surface area contributed by atoms with E-state index in [0.29, 0.717) is 9.45 Å². The van der Waals surface area contributed by atoms with Gasteiger partial charge in [0.1, 0.15) is 5.82 Å². The Kier molecular flexibility index (Phi) is 4.41. The lowest BCUT2D eigenvalue weighted by atomic mass is 10.0. The van der Waals surface area contributed by atoms with Crippen LogP contribution >= 0.6 is 35.2 Å². The third-order valence-corrected chi connectivity index (χ3v) is 5.70. The number of hydrogen-bond donors (Lipinski definition) is 1. The smallest absolute Gasteiger partial charge is 0.174 e. The third kappa shape index (κ3) is 3.13. The summed E-state index contributed by atoms with van der Waals surface area (Å²) in [7, 11) is 0. The summed E-state index contributed by atoms with van der Waals surface area (Å²) >= 11 is 13.3. The van der Waals surface area contributed by atoms with E-state index in [1.165, 1.54) is 23.5 Å². The number of halogens is 2. The maximum Gasteiger partial charge on any atom is 0.174 e. The van der Waals surface area contributed by atoms with Crippen LogP contribution in [-0.2, 0) is 0 Å². The van der Waals surface area contributed by atoms with E-state index in [-0.39, 0.29) is 17.9 Å². The van der Waals surface area contributed by atoms with Crippen LogP contribution in [-0.4, -0.2) is 10.1 Å². The lowest BCUT2D eigenvalue weighted by Crippen LogP contribution is -2.29. The molecule has 4 rings (SSSR count). The molecule has 126 valence electrons. The molecule has 0 bridgehead atoms. The van der Waals surface area contributed by atoms with E-state index in [1.807, 2.05) is 35.2 Å². The molecule has 3 heterocycles. The number of hydrogen-bond acceptors (Lipinski definition) is 3. The second-order valence-electron chi connectivity index (χ2n) is 5.61. The fourth-order valence-corrected chi connectivity index (χ4v) is 4.55. The average molecular weight is 390 g/mol. The van der Waals surface area contributed by atoms with Gasteiger partial charge in [-0.15, -0.1) is 11.3 Å². The molecule has 1 aliphatic heterocycles. The number of thiophene rings is 1. The highest BCUT2D eigenvalue weighted by atomic mass is 35.5. The molecule has 1 fully saturated rings. The number of aromatic nitrogens is 1. The molecule has 1 aliphatic rings. The van der Waals surface area contributed by atoms with Crippen molar-refractivity contribution in [3.05, 3.63) is 81.5 Å². The second kappa shape index (κ2) is 6.71. The fourth-order valence-electron chi connectivity index (χ4n) is 3.01. The van der Waals surface area contributed by atoms with Crippen molar-refractivity contribution in [1.82, 2.24) is 10.3 Å². The summed E-state index contributed by atoms with van der Waals surface area (Å²) in [6.07, 6.45) is 1.76. The Morgan fingerprint density at radius 3 is 2.56 bits per heavy atom. The Balaban J connectivity index is 1.81. The van der Waals surface area contributed by atoms with E-state index in [9.17, 15) is 4.39 Å². The van der Waals surface area contributed by atoms with Crippen LogP contribution in [0, 0.1) is 5.82 Å². The highest BCUT2D eigenvalue weighted by Gasteiger charge is 2.41. The van der Waals surface area contributed by atoms with Gasteiger partial charge in [0.25, 0.3) is 0 Å². The van der Waals surface area contributed by atoms with Crippen molar-refractivity contribution >= 4 is 46.0 Å².